The number of rotatable bonds is 0. The van der Waals surface area contributed by atoms with Gasteiger partial charge in [-0.3, -0.25) is 4.55 Å². The first-order valence-corrected chi connectivity index (χ1v) is 3.66. The van der Waals surface area contributed by atoms with Crippen molar-refractivity contribution in [2.45, 2.75) is 32.9 Å². The lowest BCUT2D eigenvalue weighted by Crippen LogP contribution is -2.26. The summed E-state index contributed by atoms with van der Waals surface area (Å²) in [4.78, 5) is 0. The van der Waals surface area contributed by atoms with Gasteiger partial charge in [0.1, 0.15) is 0 Å². The van der Waals surface area contributed by atoms with Crippen LogP contribution in [-0.4, -0.2) is 17.7 Å². The summed E-state index contributed by atoms with van der Waals surface area (Å²) in [6, 6.07) is 0. The van der Waals surface area contributed by atoms with Crippen LogP contribution in [0.3, 0.4) is 0 Å². The molecule has 0 spiro atoms. The molecule has 0 aromatic rings. The maximum atomic E-state index is 10.2. The molecule has 0 saturated carbocycles. The van der Waals surface area contributed by atoms with Crippen LogP contribution in [0.5, 0.6) is 0 Å². The largest absolute Gasteiger partial charge is 0.285 e. The van der Waals surface area contributed by atoms with Crippen LogP contribution in [-0.2, 0) is 10.1 Å². The zero-order valence-corrected chi connectivity index (χ0v) is 5.99. The van der Waals surface area contributed by atoms with E-state index in [2.05, 4.69) is 0 Å². The molecule has 0 saturated heterocycles. The van der Waals surface area contributed by atoms with Gasteiger partial charge in [-0.15, -0.1) is 0 Å². The fourth-order valence-electron chi connectivity index (χ4n) is 0. The van der Waals surface area contributed by atoms with E-state index in [0.717, 1.165) is 0 Å². The summed E-state index contributed by atoms with van der Waals surface area (Å²) in [5, 5.41) is 0. The highest BCUT2D eigenvalue weighted by atomic mass is 32.2. The first-order chi connectivity index (χ1) is 3.25. The Morgan fingerprint density at radius 1 is 1.22 bits per heavy atom. The minimum Gasteiger partial charge on any atom is -0.285 e. The molecule has 0 aliphatic carbocycles. The lowest BCUT2D eigenvalue weighted by atomic mass is 10.3. The second kappa shape index (κ2) is 2.66. The lowest BCUT2D eigenvalue weighted by molar-refractivity contribution is 0.450. The van der Waals surface area contributed by atoms with Crippen molar-refractivity contribution in [3.8, 4) is 0 Å². The predicted molar refractivity (Wildman–Crippen MR) is 38.0 cm³/mol. The average Bonchev–Trinajstić information content (AvgIpc) is 1.25. The molecule has 0 heterocycles. The summed E-state index contributed by atoms with van der Waals surface area (Å²) in [5.41, 5.74) is 0. The van der Waals surface area contributed by atoms with Gasteiger partial charge in [0.2, 0.25) is 0 Å². The first kappa shape index (κ1) is 11.7. The van der Waals surface area contributed by atoms with E-state index < -0.39 is 14.9 Å². The van der Waals surface area contributed by atoms with Crippen LogP contribution in [0.2, 0.25) is 0 Å². The summed E-state index contributed by atoms with van der Waals surface area (Å²) >= 11 is 0. The van der Waals surface area contributed by atoms with E-state index in [0.29, 0.717) is 0 Å². The van der Waals surface area contributed by atoms with E-state index in [9.17, 15) is 8.42 Å². The minimum atomic E-state index is -3.84. The second-order valence-corrected chi connectivity index (χ2v) is 4.76. The minimum absolute atomic E-state index is 0. The van der Waals surface area contributed by atoms with Crippen molar-refractivity contribution < 1.29 is 13.0 Å². The van der Waals surface area contributed by atoms with Crippen molar-refractivity contribution in [1.29, 1.82) is 0 Å². The summed E-state index contributed by atoms with van der Waals surface area (Å²) in [6.45, 7) is 4.30. The molecule has 0 aromatic heterocycles. The molecule has 4 heteroatoms. The van der Waals surface area contributed by atoms with Crippen LogP contribution in [0.4, 0.5) is 0 Å². The Kier molecular flexibility index (Phi) is 3.45. The third-order valence-electron chi connectivity index (χ3n) is 0.774. The van der Waals surface area contributed by atoms with E-state index in [1.54, 1.807) is 0 Å². The SMILES string of the molecule is C.CC(C)(C)S(=O)(=O)O. The Morgan fingerprint density at radius 2 is 1.33 bits per heavy atom. The highest BCUT2D eigenvalue weighted by Crippen LogP contribution is 2.11. The van der Waals surface area contributed by atoms with Crippen molar-refractivity contribution >= 4 is 10.1 Å². The second-order valence-electron chi connectivity index (χ2n) is 2.59. The molecule has 0 bridgehead atoms. The molecule has 3 nitrogen and oxygen atoms in total. The van der Waals surface area contributed by atoms with Crippen LogP contribution >= 0.6 is 0 Å². The smallest absolute Gasteiger partial charge is 0.269 e. The van der Waals surface area contributed by atoms with E-state index in [-0.39, 0.29) is 7.43 Å². The van der Waals surface area contributed by atoms with Crippen LogP contribution in [0.25, 0.3) is 0 Å². The van der Waals surface area contributed by atoms with Gasteiger partial charge in [0.15, 0.2) is 0 Å². The van der Waals surface area contributed by atoms with Gasteiger partial charge in [-0.25, -0.2) is 0 Å². The van der Waals surface area contributed by atoms with Gasteiger partial charge in [0.05, 0.1) is 4.75 Å². The maximum absolute atomic E-state index is 10.2. The Morgan fingerprint density at radius 3 is 1.33 bits per heavy atom. The highest BCUT2D eigenvalue weighted by molar-refractivity contribution is 7.87. The zero-order valence-electron chi connectivity index (χ0n) is 5.17. The Balaban J connectivity index is 0. The first-order valence-electron chi connectivity index (χ1n) is 2.22. The third-order valence-corrected chi connectivity index (χ3v) is 2.32. The summed E-state index contributed by atoms with van der Waals surface area (Å²) in [7, 11) is -3.84. The quantitative estimate of drug-likeness (QED) is 0.535. The topological polar surface area (TPSA) is 54.4 Å². The molecule has 0 fully saturated rings. The van der Waals surface area contributed by atoms with E-state index in [1.807, 2.05) is 0 Å². The monoisotopic (exact) mass is 154 g/mol. The third kappa shape index (κ3) is 3.48. The number of hydrogen-bond acceptors (Lipinski definition) is 2. The standard InChI is InChI=1S/C4H10O3S.CH4/c1-4(2,3)8(5,6)7;/h1-3H3,(H,5,6,7);1H4. The van der Waals surface area contributed by atoms with Crippen molar-refractivity contribution in [3.63, 3.8) is 0 Å². The van der Waals surface area contributed by atoms with Crippen molar-refractivity contribution in [1.82, 2.24) is 0 Å². The molecule has 0 aliphatic heterocycles. The summed E-state index contributed by atoms with van der Waals surface area (Å²) in [5.74, 6) is 0. The molecule has 0 rings (SSSR count). The molecule has 0 unspecified atom stereocenters. The van der Waals surface area contributed by atoms with Gasteiger partial charge >= 0.3 is 0 Å². The van der Waals surface area contributed by atoms with Crippen LogP contribution < -0.4 is 0 Å². The maximum Gasteiger partial charge on any atom is 0.269 e. The average molecular weight is 154 g/mol. The normalized spacial score (nSPS) is 12.4. The molecule has 58 valence electrons. The molecular formula is C5H14O3S. The van der Waals surface area contributed by atoms with Crippen molar-refractivity contribution in [3.05, 3.63) is 0 Å². The van der Waals surface area contributed by atoms with Crippen molar-refractivity contribution in [2.75, 3.05) is 0 Å². The molecular weight excluding hydrogens is 140 g/mol. The van der Waals surface area contributed by atoms with E-state index in [4.69, 9.17) is 4.55 Å². The Labute approximate surface area is 56.8 Å². The Hall–Kier alpha value is -0.0900. The molecule has 0 amide bonds. The number of hydrogen-bond donors (Lipinski definition) is 1. The molecule has 9 heavy (non-hydrogen) atoms. The predicted octanol–water partition coefficient (Wildman–Crippen LogP) is 1.31. The van der Waals surface area contributed by atoms with Crippen LogP contribution in [0.15, 0.2) is 0 Å². The summed E-state index contributed by atoms with van der Waals surface area (Å²) in [6.07, 6.45) is 0. The van der Waals surface area contributed by atoms with Gasteiger partial charge in [-0.1, -0.05) is 7.43 Å². The molecule has 0 radical (unpaired) electrons. The summed E-state index contributed by atoms with van der Waals surface area (Å²) < 4.78 is 27.7. The van der Waals surface area contributed by atoms with Gasteiger partial charge in [0.25, 0.3) is 10.1 Å². The molecule has 0 aromatic carbocycles. The van der Waals surface area contributed by atoms with Crippen LogP contribution in [0, 0.1) is 0 Å². The zero-order chi connectivity index (χ0) is 7.00. The van der Waals surface area contributed by atoms with E-state index >= 15 is 0 Å². The molecule has 0 atom stereocenters. The Bertz CT molecular complexity index is 161. The molecule has 1 N–H and O–H groups in total. The molecule has 0 aliphatic rings. The fraction of sp³-hybridized carbons (Fsp3) is 1.00. The van der Waals surface area contributed by atoms with Crippen molar-refractivity contribution in [2.24, 2.45) is 0 Å². The van der Waals surface area contributed by atoms with Gasteiger partial charge in [-0.05, 0) is 20.8 Å². The fourth-order valence-corrected chi connectivity index (χ4v) is 0. The highest BCUT2D eigenvalue weighted by Gasteiger charge is 2.25. The van der Waals surface area contributed by atoms with E-state index in [1.165, 1.54) is 20.8 Å². The van der Waals surface area contributed by atoms with Gasteiger partial charge in [0, 0.05) is 0 Å². The van der Waals surface area contributed by atoms with Gasteiger partial charge in [-0.2, -0.15) is 8.42 Å². The lowest BCUT2D eigenvalue weighted by Gasteiger charge is -2.12. The van der Waals surface area contributed by atoms with Crippen LogP contribution in [0.1, 0.15) is 28.2 Å². The van der Waals surface area contributed by atoms with Gasteiger partial charge < -0.3 is 0 Å².